The molecule has 3 rings (SSSR count). The molecule has 1 N–H and O–H groups in total. The highest BCUT2D eigenvalue weighted by atomic mass is 35.5. The van der Waals surface area contributed by atoms with Crippen molar-refractivity contribution < 1.29 is 21.9 Å². The number of pyridine rings is 1. The molecule has 25 heavy (non-hydrogen) atoms. The molecule has 0 atom stereocenters. The van der Waals surface area contributed by atoms with Crippen LogP contribution in [0.15, 0.2) is 60.2 Å². The van der Waals surface area contributed by atoms with Gasteiger partial charge in [0.15, 0.2) is 11.5 Å². The van der Waals surface area contributed by atoms with Gasteiger partial charge in [0, 0.05) is 30.4 Å². The maximum Gasteiger partial charge on any atom is 0.161 e. The summed E-state index contributed by atoms with van der Waals surface area (Å²) in [4.78, 5) is 5.31. The summed E-state index contributed by atoms with van der Waals surface area (Å²) in [6.07, 6.45) is 3.65. The summed E-state index contributed by atoms with van der Waals surface area (Å²) in [5.74, 6) is 1.52. The first-order valence-electron chi connectivity index (χ1n) is 7.77. The molecule has 0 aliphatic heterocycles. The van der Waals surface area contributed by atoms with Crippen LogP contribution in [0.25, 0.3) is 0 Å². The fourth-order valence-electron chi connectivity index (χ4n) is 2.34. The van der Waals surface area contributed by atoms with Crippen molar-refractivity contribution in [3.63, 3.8) is 0 Å². The van der Waals surface area contributed by atoms with E-state index in [0.717, 1.165) is 30.2 Å². The number of hydrogen-bond donors (Lipinski definition) is 1. The first-order chi connectivity index (χ1) is 11.8. The second-order valence-electron chi connectivity index (χ2n) is 5.32. The molecule has 0 saturated heterocycles. The predicted octanol–water partition coefficient (Wildman–Crippen LogP) is 1.02. The van der Waals surface area contributed by atoms with Gasteiger partial charge < -0.3 is 27.2 Å². The smallest absolute Gasteiger partial charge is 0.161 e. The first kappa shape index (κ1) is 19.2. The number of thiophene rings is 1. The van der Waals surface area contributed by atoms with Gasteiger partial charge in [-0.2, -0.15) is 0 Å². The van der Waals surface area contributed by atoms with E-state index in [4.69, 9.17) is 9.47 Å². The monoisotopic (exact) mass is 375 g/mol. The average molecular weight is 376 g/mol. The molecule has 4 nitrogen and oxygen atoms in total. The quantitative estimate of drug-likeness (QED) is 0.638. The number of nitrogens with zero attached hydrogens (tertiary/aromatic N) is 1. The van der Waals surface area contributed by atoms with E-state index in [1.165, 1.54) is 10.4 Å². The van der Waals surface area contributed by atoms with E-state index in [2.05, 4.69) is 28.5 Å². The van der Waals surface area contributed by atoms with Crippen molar-refractivity contribution in [3.05, 3.63) is 76.2 Å². The largest absolute Gasteiger partial charge is 1.00 e. The number of nitrogens with one attached hydrogen (secondary N) is 1. The Bertz CT molecular complexity index is 751. The van der Waals surface area contributed by atoms with Gasteiger partial charge in [0.2, 0.25) is 0 Å². The van der Waals surface area contributed by atoms with Crippen LogP contribution < -0.4 is 27.2 Å². The summed E-state index contributed by atoms with van der Waals surface area (Å²) in [6.45, 7) is 2.11. The van der Waals surface area contributed by atoms with E-state index in [1.54, 1.807) is 24.6 Å². The summed E-state index contributed by atoms with van der Waals surface area (Å²) in [5, 5.41) is 5.46. The molecule has 0 amide bonds. The Labute approximate surface area is 158 Å². The molecule has 0 saturated carbocycles. The lowest BCUT2D eigenvalue weighted by atomic mass is 10.2. The first-order valence-corrected chi connectivity index (χ1v) is 8.65. The molecular weight excluding hydrogens is 356 g/mol. The SMILES string of the molecule is COc1cc(CNCc2cccnc2)ccc1OCc1cccs1.[Cl-]. The molecule has 6 heteroatoms. The highest BCUT2D eigenvalue weighted by Crippen LogP contribution is 2.29. The van der Waals surface area contributed by atoms with Gasteiger partial charge in [0.1, 0.15) is 6.61 Å². The fraction of sp³-hybridized carbons (Fsp3) is 0.211. The molecule has 0 bridgehead atoms. The predicted molar refractivity (Wildman–Crippen MR) is 96.4 cm³/mol. The lowest BCUT2D eigenvalue weighted by Gasteiger charge is -2.12. The molecule has 0 aliphatic rings. The van der Waals surface area contributed by atoms with Crippen LogP contribution in [0.2, 0.25) is 0 Å². The van der Waals surface area contributed by atoms with Crippen molar-refractivity contribution in [2.24, 2.45) is 0 Å². The average Bonchev–Trinajstić information content (AvgIpc) is 3.15. The Balaban J connectivity index is 0.00000225. The summed E-state index contributed by atoms with van der Waals surface area (Å²) in [6, 6.07) is 14.1. The van der Waals surface area contributed by atoms with Crippen molar-refractivity contribution in [2.75, 3.05) is 7.11 Å². The molecule has 3 aromatic rings. The minimum absolute atomic E-state index is 0. The lowest BCUT2D eigenvalue weighted by Crippen LogP contribution is -3.00. The Morgan fingerprint density at radius 2 is 1.92 bits per heavy atom. The van der Waals surface area contributed by atoms with Gasteiger partial charge in [-0.3, -0.25) is 4.98 Å². The van der Waals surface area contributed by atoms with E-state index in [9.17, 15) is 0 Å². The number of aromatic nitrogens is 1. The zero-order chi connectivity index (χ0) is 16.6. The van der Waals surface area contributed by atoms with Gasteiger partial charge in [-0.25, -0.2) is 0 Å². The normalized spacial score (nSPS) is 10.1. The Kier molecular flexibility index (Phi) is 7.73. The molecule has 0 fully saturated rings. The van der Waals surface area contributed by atoms with Gasteiger partial charge in [-0.05, 0) is 40.8 Å². The summed E-state index contributed by atoms with van der Waals surface area (Å²) >= 11 is 1.69. The topological polar surface area (TPSA) is 43.4 Å². The van der Waals surface area contributed by atoms with Crippen molar-refractivity contribution in [1.29, 1.82) is 0 Å². The standard InChI is InChI=1S/C19H20N2O2S.ClH/c1-22-19-10-15(11-21-13-16-4-2-8-20-12-16)6-7-18(19)23-14-17-5-3-9-24-17;/h2-10,12,21H,11,13-14H2,1H3;1H/p-1. The van der Waals surface area contributed by atoms with Gasteiger partial charge in [-0.1, -0.05) is 18.2 Å². The van der Waals surface area contributed by atoms with Gasteiger partial charge >= 0.3 is 0 Å². The van der Waals surface area contributed by atoms with Crippen LogP contribution in [0.3, 0.4) is 0 Å². The highest BCUT2D eigenvalue weighted by Gasteiger charge is 2.06. The maximum atomic E-state index is 5.86. The number of benzene rings is 1. The molecule has 1 aromatic carbocycles. The van der Waals surface area contributed by atoms with Crippen LogP contribution in [0.5, 0.6) is 11.5 Å². The molecule has 0 aliphatic carbocycles. The van der Waals surface area contributed by atoms with Gasteiger partial charge in [0.25, 0.3) is 0 Å². The third kappa shape index (κ3) is 5.74. The lowest BCUT2D eigenvalue weighted by molar-refractivity contribution is -0.00000543. The molecule has 0 spiro atoms. The van der Waals surface area contributed by atoms with Crippen LogP contribution in [0, 0.1) is 0 Å². The third-order valence-electron chi connectivity index (χ3n) is 3.56. The van der Waals surface area contributed by atoms with E-state index in [1.807, 2.05) is 35.8 Å². The second-order valence-corrected chi connectivity index (χ2v) is 6.35. The summed E-state index contributed by atoms with van der Waals surface area (Å²) in [5.41, 5.74) is 2.32. The number of rotatable bonds is 8. The maximum absolute atomic E-state index is 5.86. The molecular formula is C19H20ClN2O2S-. The number of methoxy groups -OCH3 is 1. The number of hydrogen-bond acceptors (Lipinski definition) is 5. The Hall–Kier alpha value is -2.08. The van der Waals surface area contributed by atoms with Crippen molar-refractivity contribution in [1.82, 2.24) is 10.3 Å². The fourth-order valence-corrected chi connectivity index (χ4v) is 2.95. The van der Waals surface area contributed by atoms with Gasteiger partial charge in [0.05, 0.1) is 7.11 Å². The summed E-state index contributed by atoms with van der Waals surface area (Å²) < 4.78 is 11.3. The van der Waals surface area contributed by atoms with Crippen molar-refractivity contribution >= 4 is 11.3 Å². The highest BCUT2D eigenvalue weighted by molar-refractivity contribution is 7.09. The third-order valence-corrected chi connectivity index (χ3v) is 4.41. The van der Waals surface area contributed by atoms with Crippen LogP contribution >= 0.6 is 11.3 Å². The number of ether oxygens (including phenoxy) is 2. The molecule has 0 unspecified atom stereocenters. The van der Waals surface area contributed by atoms with E-state index >= 15 is 0 Å². The second kappa shape index (κ2) is 10.0. The molecule has 132 valence electrons. The number of halogens is 1. The van der Waals surface area contributed by atoms with Crippen LogP contribution in [0.4, 0.5) is 0 Å². The van der Waals surface area contributed by atoms with Crippen LogP contribution in [0.1, 0.15) is 16.0 Å². The van der Waals surface area contributed by atoms with Gasteiger partial charge in [-0.15, -0.1) is 11.3 Å². The Morgan fingerprint density at radius 1 is 1.04 bits per heavy atom. The minimum atomic E-state index is 0. The zero-order valence-electron chi connectivity index (χ0n) is 13.9. The van der Waals surface area contributed by atoms with E-state index in [0.29, 0.717) is 6.61 Å². The van der Waals surface area contributed by atoms with Crippen molar-refractivity contribution in [3.8, 4) is 11.5 Å². The molecule has 2 heterocycles. The summed E-state index contributed by atoms with van der Waals surface area (Å²) in [7, 11) is 1.67. The van der Waals surface area contributed by atoms with Crippen LogP contribution in [-0.4, -0.2) is 12.1 Å². The minimum Gasteiger partial charge on any atom is -1.00 e. The zero-order valence-corrected chi connectivity index (χ0v) is 15.5. The van der Waals surface area contributed by atoms with Crippen LogP contribution in [-0.2, 0) is 19.7 Å². The molecule has 0 radical (unpaired) electrons. The van der Waals surface area contributed by atoms with E-state index < -0.39 is 0 Å². The van der Waals surface area contributed by atoms with Crippen molar-refractivity contribution in [2.45, 2.75) is 19.7 Å². The molecule has 2 aromatic heterocycles. The van der Waals surface area contributed by atoms with E-state index in [-0.39, 0.29) is 12.4 Å². The Morgan fingerprint density at radius 3 is 2.64 bits per heavy atom.